The van der Waals surface area contributed by atoms with E-state index in [4.69, 9.17) is 21.1 Å². The van der Waals surface area contributed by atoms with Crippen LogP contribution in [0.2, 0.25) is 4.47 Å². The van der Waals surface area contributed by atoms with Gasteiger partial charge in [0.25, 0.3) is 0 Å². The van der Waals surface area contributed by atoms with Gasteiger partial charge in [-0.2, -0.15) is 0 Å². The summed E-state index contributed by atoms with van der Waals surface area (Å²) in [6, 6.07) is 0.0863. The molecular formula is C14H21ClN2O3S. The number of hydrogen-bond donors (Lipinski definition) is 0. The van der Waals surface area contributed by atoms with Gasteiger partial charge in [0.2, 0.25) is 0 Å². The van der Waals surface area contributed by atoms with Gasteiger partial charge in [0.1, 0.15) is 5.60 Å². The molecule has 1 unspecified atom stereocenters. The lowest BCUT2D eigenvalue weighted by atomic mass is 10.2. The standard InChI is InChI=1S/C14H21ClN2O3S/c1-14(2,3)20-13(18)17-6-4-5-10(17)8-19-9-11-7-16-12(15)21-11/h7,10H,4-6,8-9H2,1-3H3. The fraction of sp³-hybridized carbons (Fsp3) is 0.714. The predicted molar refractivity (Wildman–Crippen MR) is 82.7 cm³/mol. The van der Waals surface area contributed by atoms with Crippen LogP contribution in [0.1, 0.15) is 38.5 Å². The predicted octanol–water partition coefficient (Wildman–Crippen LogP) is 3.71. The molecule has 1 aliphatic heterocycles. The van der Waals surface area contributed by atoms with Gasteiger partial charge in [0, 0.05) is 12.7 Å². The number of carbonyl (C=O) groups is 1. The molecule has 2 heterocycles. The molecule has 1 aromatic rings. The van der Waals surface area contributed by atoms with E-state index >= 15 is 0 Å². The lowest BCUT2D eigenvalue weighted by Gasteiger charge is -2.28. The highest BCUT2D eigenvalue weighted by atomic mass is 35.5. The Hall–Kier alpha value is -0.850. The van der Waals surface area contributed by atoms with Gasteiger partial charge in [-0.05, 0) is 33.6 Å². The third-order valence-corrected chi connectivity index (χ3v) is 4.17. The Morgan fingerprint density at radius 1 is 1.57 bits per heavy atom. The second kappa shape index (κ2) is 6.94. The zero-order chi connectivity index (χ0) is 15.5. The summed E-state index contributed by atoms with van der Waals surface area (Å²) in [5.74, 6) is 0. The number of amides is 1. The summed E-state index contributed by atoms with van der Waals surface area (Å²) in [6.07, 6.45) is 3.39. The fourth-order valence-electron chi connectivity index (χ4n) is 2.22. The normalized spacial score (nSPS) is 19.0. The number of thiazole rings is 1. The molecule has 7 heteroatoms. The van der Waals surface area contributed by atoms with Crippen LogP contribution in [0.5, 0.6) is 0 Å². The first-order chi connectivity index (χ1) is 9.85. The second-order valence-corrected chi connectivity index (χ2v) is 7.76. The molecule has 1 fully saturated rings. The summed E-state index contributed by atoms with van der Waals surface area (Å²) in [6.45, 7) is 7.34. The van der Waals surface area contributed by atoms with E-state index < -0.39 is 5.60 Å². The van der Waals surface area contributed by atoms with Gasteiger partial charge in [-0.3, -0.25) is 0 Å². The molecule has 0 N–H and O–H groups in total. The Morgan fingerprint density at radius 3 is 2.95 bits per heavy atom. The summed E-state index contributed by atoms with van der Waals surface area (Å²) < 4.78 is 11.6. The number of carbonyl (C=O) groups excluding carboxylic acids is 1. The molecule has 0 aromatic carbocycles. The lowest BCUT2D eigenvalue weighted by molar-refractivity contribution is 0.00904. The van der Waals surface area contributed by atoms with Gasteiger partial charge in [-0.15, -0.1) is 11.3 Å². The van der Waals surface area contributed by atoms with Crippen molar-refractivity contribution >= 4 is 29.0 Å². The third kappa shape index (κ3) is 5.13. The van der Waals surface area contributed by atoms with E-state index in [0.717, 1.165) is 24.3 Å². The molecular weight excluding hydrogens is 312 g/mol. The molecule has 0 radical (unpaired) electrons. The van der Waals surface area contributed by atoms with Crippen molar-refractivity contribution in [3.63, 3.8) is 0 Å². The van der Waals surface area contributed by atoms with Gasteiger partial charge in [0.15, 0.2) is 4.47 Å². The Morgan fingerprint density at radius 2 is 2.33 bits per heavy atom. The number of rotatable bonds is 4. The van der Waals surface area contributed by atoms with Crippen molar-refractivity contribution in [3.05, 3.63) is 15.5 Å². The average Bonchev–Trinajstić information content (AvgIpc) is 2.96. The van der Waals surface area contributed by atoms with Crippen LogP contribution in [0.25, 0.3) is 0 Å². The SMILES string of the molecule is CC(C)(C)OC(=O)N1CCCC1COCc1cnc(Cl)s1. The van der Waals surface area contributed by atoms with Crippen LogP contribution < -0.4 is 0 Å². The topological polar surface area (TPSA) is 51.7 Å². The number of halogens is 1. The minimum Gasteiger partial charge on any atom is -0.444 e. The van der Waals surface area contributed by atoms with E-state index in [9.17, 15) is 4.79 Å². The summed E-state index contributed by atoms with van der Waals surface area (Å²) >= 11 is 7.18. The molecule has 1 aliphatic rings. The smallest absolute Gasteiger partial charge is 0.410 e. The summed E-state index contributed by atoms with van der Waals surface area (Å²) in [7, 11) is 0. The summed E-state index contributed by atoms with van der Waals surface area (Å²) in [5, 5.41) is 0. The molecule has 0 bridgehead atoms. The molecule has 1 atom stereocenters. The average molecular weight is 333 g/mol. The van der Waals surface area contributed by atoms with Crippen molar-refractivity contribution in [1.82, 2.24) is 9.88 Å². The maximum absolute atomic E-state index is 12.1. The Bertz CT molecular complexity index is 487. The first kappa shape index (κ1) is 16.5. The van der Waals surface area contributed by atoms with Crippen LogP contribution in [0, 0.1) is 0 Å². The van der Waals surface area contributed by atoms with E-state index in [1.165, 1.54) is 11.3 Å². The number of nitrogens with zero attached hydrogens (tertiary/aromatic N) is 2. The molecule has 0 spiro atoms. The highest BCUT2D eigenvalue weighted by molar-refractivity contribution is 7.15. The van der Waals surface area contributed by atoms with E-state index in [1.807, 2.05) is 20.8 Å². The second-order valence-electron chi connectivity index (χ2n) is 6.06. The molecule has 5 nitrogen and oxygen atoms in total. The van der Waals surface area contributed by atoms with Crippen LogP contribution in [0.15, 0.2) is 6.20 Å². The lowest BCUT2D eigenvalue weighted by Crippen LogP contribution is -2.41. The van der Waals surface area contributed by atoms with Crippen molar-refractivity contribution in [2.75, 3.05) is 13.2 Å². The maximum Gasteiger partial charge on any atom is 0.410 e. The number of likely N-dealkylation sites (tertiary alicyclic amines) is 1. The van der Waals surface area contributed by atoms with Crippen LogP contribution in [0.3, 0.4) is 0 Å². The number of ether oxygens (including phenoxy) is 2. The van der Waals surface area contributed by atoms with E-state index in [0.29, 0.717) is 17.7 Å². The number of aromatic nitrogens is 1. The van der Waals surface area contributed by atoms with Crippen LogP contribution in [0.4, 0.5) is 4.79 Å². The van der Waals surface area contributed by atoms with Gasteiger partial charge in [0.05, 0.1) is 24.1 Å². The van der Waals surface area contributed by atoms with Crippen molar-refractivity contribution < 1.29 is 14.3 Å². The summed E-state index contributed by atoms with van der Waals surface area (Å²) in [4.78, 5) is 18.9. The van der Waals surface area contributed by atoms with Gasteiger partial charge < -0.3 is 14.4 Å². The molecule has 0 aliphatic carbocycles. The van der Waals surface area contributed by atoms with Crippen LogP contribution in [-0.2, 0) is 16.1 Å². The quantitative estimate of drug-likeness (QED) is 0.843. The Balaban J connectivity index is 1.80. The van der Waals surface area contributed by atoms with E-state index in [2.05, 4.69) is 4.98 Å². The monoisotopic (exact) mass is 332 g/mol. The first-order valence-electron chi connectivity index (χ1n) is 7.03. The van der Waals surface area contributed by atoms with E-state index in [1.54, 1.807) is 11.1 Å². The minimum absolute atomic E-state index is 0.0863. The largest absolute Gasteiger partial charge is 0.444 e. The first-order valence-corrected chi connectivity index (χ1v) is 8.22. The molecule has 118 valence electrons. The third-order valence-electron chi connectivity index (χ3n) is 3.09. The molecule has 21 heavy (non-hydrogen) atoms. The fourth-order valence-corrected chi connectivity index (χ4v) is 3.13. The number of hydrogen-bond acceptors (Lipinski definition) is 5. The Kier molecular flexibility index (Phi) is 5.46. The van der Waals surface area contributed by atoms with E-state index in [-0.39, 0.29) is 12.1 Å². The Labute approximate surface area is 134 Å². The van der Waals surface area contributed by atoms with Crippen molar-refractivity contribution in [2.45, 2.75) is 51.9 Å². The van der Waals surface area contributed by atoms with Crippen molar-refractivity contribution in [3.8, 4) is 0 Å². The van der Waals surface area contributed by atoms with Gasteiger partial charge in [-0.1, -0.05) is 11.6 Å². The highest BCUT2D eigenvalue weighted by Gasteiger charge is 2.32. The van der Waals surface area contributed by atoms with Crippen LogP contribution in [-0.4, -0.2) is 40.8 Å². The van der Waals surface area contributed by atoms with Crippen molar-refractivity contribution in [2.24, 2.45) is 0 Å². The molecule has 0 saturated carbocycles. The summed E-state index contributed by atoms with van der Waals surface area (Å²) in [5.41, 5.74) is -0.468. The highest BCUT2D eigenvalue weighted by Crippen LogP contribution is 2.22. The zero-order valence-electron chi connectivity index (χ0n) is 12.6. The molecule has 1 amide bonds. The maximum atomic E-state index is 12.1. The van der Waals surface area contributed by atoms with Crippen LogP contribution >= 0.6 is 22.9 Å². The molecule has 2 rings (SSSR count). The molecule has 1 saturated heterocycles. The van der Waals surface area contributed by atoms with Gasteiger partial charge in [-0.25, -0.2) is 9.78 Å². The minimum atomic E-state index is -0.468. The zero-order valence-corrected chi connectivity index (χ0v) is 14.2. The van der Waals surface area contributed by atoms with Crippen molar-refractivity contribution in [1.29, 1.82) is 0 Å². The molecule has 1 aromatic heterocycles. The van der Waals surface area contributed by atoms with Gasteiger partial charge >= 0.3 is 6.09 Å².